The third-order valence-corrected chi connectivity index (χ3v) is 7.33. The Morgan fingerprint density at radius 3 is 2.32 bits per heavy atom. The molecule has 1 N–H and O–H groups in total. The first-order valence-corrected chi connectivity index (χ1v) is 13.2. The molecular weight excluding hydrogens is 545 g/mol. The van der Waals surface area contributed by atoms with E-state index in [1.54, 1.807) is 24.3 Å². The van der Waals surface area contributed by atoms with Crippen LogP contribution in [0.2, 0.25) is 5.02 Å². The van der Waals surface area contributed by atoms with E-state index in [0.29, 0.717) is 27.4 Å². The van der Waals surface area contributed by atoms with Crippen molar-refractivity contribution in [2.75, 3.05) is 18.0 Å². The normalized spacial score (nSPS) is 11.8. The number of nitrogens with one attached hydrogen (secondary N) is 1. The maximum atomic E-state index is 13.4. The Kier molecular flexibility index (Phi) is 9.16. The lowest BCUT2D eigenvalue weighted by Gasteiger charge is -2.26. The summed E-state index contributed by atoms with van der Waals surface area (Å²) < 4.78 is 78.7. The van der Waals surface area contributed by atoms with Gasteiger partial charge in [-0.15, -0.1) is 0 Å². The first kappa shape index (κ1) is 29.1. The van der Waals surface area contributed by atoms with Gasteiger partial charge in [0.1, 0.15) is 6.54 Å². The maximum absolute atomic E-state index is 13.4. The summed E-state index contributed by atoms with van der Waals surface area (Å²) in [4.78, 5) is 12.7. The highest BCUT2D eigenvalue weighted by Gasteiger charge is 2.34. The quantitative estimate of drug-likeness (QED) is 0.340. The smallest absolute Gasteiger partial charge is 0.416 e. The number of rotatable bonds is 10. The summed E-state index contributed by atoms with van der Waals surface area (Å²) in [6.07, 6.45) is -4.84. The second kappa shape index (κ2) is 12.0. The minimum absolute atomic E-state index is 0.00724. The number of alkyl halides is 3. The fraction of sp³-hybridized carbons (Fsp3) is 0.269. The zero-order valence-electron chi connectivity index (χ0n) is 20.8. The topological polar surface area (TPSA) is 84.9 Å². The van der Waals surface area contributed by atoms with Crippen molar-refractivity contribution in [2.45, 2.75) is 37.6 Å². The average Bonchev–Trinajstić information content (AvgIpc) is 2.86. The lowest BCUT2D eigenvalue weighted by Crippen LogP contribution is -2.41. The second-order valence-electron chi connectivity index (χ2n) is 8.42. The molecule has 0 aliphatic rings. The number of carbonyl (C=O) groups is 1. The van der Waals surface area contributed by atoms with Gasteiger partial charge in [-0.3, -0.25) is 9.10 Å². The first-order chi connectivity index (χ1) is 17.8. The number of ether oxygens (including phenoxy) is 2. The van der Waals surface area contributed by atoms with Gasteiger partial charge in [0.05, 0.1) is 34.4 Å². The van der Waals surface area contributed by atoms with E-state index in [1.165, 1.54) is 31.4 Å². The summed E-state index contributed by atoms with van der Waals surface area (Å²) in [5, 5.41) is 2.32. The van der Waals surface area contributed by atoms with Gasteiger partial charge < -0.3 is 14.8 Å². The summed E-state index contributed by atoms with van der Waals surface area (Å²) in [7, 11) is -2.99. The van der Waals surface area contributed by atoms with Crippen molar-refractivity contribution in [3.8, 4) is 11.5 Å². The second-order valence-corrected chi connectivity index (χ2v) is 10.7. The average molecular weight is 571 g/mol. The molecule has 0 radical (unpaired) electrons. The van der Waals surface area contributed by atoms with E-state index in [-0.39, 0.29) is 22.6 Å². The first-order valence-electron chi connectivity index (χ1n) is 11.4. The van der Waals surface area contributed by atoms with Crippen molar-refractivity contribution < 1.29 is 35.9 Å². The van der Waals surface area contributed by atoms with Gasteiger partial charge in [-0.2, -0.15) is 13.2 Å². The molecule has 3 aromatic rings. The van der Waals surface area contributed by atoms with Crippen molar-refractivity contribution in [1.82, 2.24) is 5.32 Å². The lowest BCUT2D eigenvalue weighted by atomic mass is 10.2. The summed E-state index contributed by atoms with van der Waals surface area (Å²) in [6, 6.07) is 14.4. The standard InChI is InChI=1S/C26H26ClF3N2O5S/c1-17(2)37-23-12-9-18(13-24(23)36-3)15-31-25(33)16-32(38(34,35)20-7-5-4-6-8-20)22-14-19(26(28,29)30)10-11-21(22)27/h4-14,17H,15-16H2,1-3H3,(H,31,33). The van der Waals surface area contributed by atoms with E-state index in [9.17, 15) is 26.4 Å². The zero-order valence-corrected chi connectivity index (χ0v) is 22.3. The van der Waals surface area contributed by atoms with Crippen molar-refractivity contribution in [2.24, 2.45) is 0 Å². The molecule has 204 valence electrons. The molecule has 0 aliphatic carbocycles. The van der Waals surface area contributed by atoms with Crippen molar-refractivity contribution >= 4 is 33.2 Å². The number of amides is 1. The Labute approximate surface area is 224 Å². The van der Waals surface area contributed by atoms with Gasteiger partial charge in [0, 0.05) is 6.54 Å². The number of hydrogen-bond acceptors (Lipinski definition) is 5. The predicted molar refractivity (Wildman–Crippen MR) is 138 cm³/mol. The zero-order chi connectivity index (χ0) is 28.1. The number of halogens is 4. The van der Waals surface area contributed by atoms with E-state index in [2.05, 4.69) is 5.32 Å². The highest BCUT2D eigenvalue weighted by molar-refractivity contribution is 7.92. The van der Waals surface area contributed by atoms with Crippen molar-refractivity contribution in [1.29, 1.82) is 0 Å². The van der Waals surface area contributed by atoms with Crippen LogP contribution in [0, 0.1) is 0 Å². The number of methoxy groups -OCH3 is 1. The highest BCUT2D eigenvalue weighted by Crippen LogP contribution is 2.37. The maximum Gasteiger partial charge on any atom is 0.416 e. The third kappa shape index (κ3) is 7.11. The highest BCUT2D eigenvalue weighted by atomic mass is 35.5. The summed E-state index contributed by atoms with van der Waals surface area (Å²) in [6.45, 7) is 2.90. The minimum Gasteiger partial charge on any atom is -0.493 e. The lowest BCUT2D eigenvalue weighted by molar-refractivity contribution is -0.137. The van der Waals surface area contributed by atoms with Gasteiger partial charge in [-0.05, 0) is 61.9 Å². The van der Waals surface area contributed by atoms with Gasteiger partial charge in [-0.1, -0.05) is 35.9 Å². The van der Waals surface area contributed by atoms with Crippen LogP contribution in [0.25, 0.3) is 0 Å². The molecule has 12 heteroatoms. The summed E-state index contributed by atoms with van der Waals surface area (Å²) in [5.74, 6) is 0.186. The Morgan fingerprint density at radius 2 is 1.71 bits per heavy atom. The SMILES string of the molecule is COc1cc(CNC(=O)CN(c2cc(C(F)(F)F)ccc2Cl)S(=O)(=O)c2ccccc2)ccc1OC(C)C. The fourth-order valence-corrected chi connectivity index (χ4v) is 5.18. The molecule has 0 heterocycles. The van der Waals surface area contributed by atoms with Crippen LogP contribution in [-0.2, 0) is 27.5 Å². The molecule has 0 aliphatic heterocycles. The van der Waals surface area contributed by atoms with Crippen LogP contribution in [0.1, 0.15) is 25.0 Å². The van der Waals surface area contributed by atoms with Gasteiger partial charge in [-0.25, -0.2) is 8.42 Å². The van der Waals surface area contributed by atoms with Crippen molar-refractivity contribution in [3.63, 3.8) is 0 Å². The Hall–Kier alpha value is -3.44. The minimum atomic E-state index is -4.76. The molecule has 0 saturated heterocycles. The molecule has 0 spiro atoms. The van der Waals surface area contributed by atoms with Crippen molar-refractivity contribution in [3.05, 3.63) is 82.9 Å². The van der Waals surface area contributed by atoms with Crippen LogP contribution in [0.4, 0.5) is 18.9 Å². The van der Waals surface area contributed by atoms with Crippen LogP contribution in [0.15, 0.2) is 71.6 Å². The Bertz CT molecular complexity index is 1380. The van der Waals surface area contributed by atoms with Crippen LogP contribution in [-0.4, -0.2) is 34.1 Å². The van der Waals surface area contributed by atoms with Gasteiger partial charge in [0.2, 0.25) is 5.91 Å². The molecule has 0 aromatic heterocycles. The Morgan fingerprint density at radius 1 is 1.03 bits per heavy atom. The Balaban J connectivity index is 1.90. The van der Waals surface area contributed by atoms with E-state index in [1.807, 2.05) is 13.8 Å². The predicted octanol–water partition coefficient (Wildman–Crippen LogP) is 5.67. The molecule has 0 bridgehead atoms. The number of sulfonamides is 1. The molecule has 0 unspecified atom stereocenters. The molecule has 3 aromatic carbocycles. The van der Waals surface area contributed by atoms with E-state index >= 15 is 0 Å². The molecule has 3 rings (SSSR count). The number of benzene rings is 3. The number of nitrogens with zero attached hydrogens (tertiary/aromatic N) is 1. The van der Waals surface area contributed by atoms with Gasteiger partial charge in [0.25, 0.3) is 10.0 Å². The molecule has 0 fully saturated rings. The monoisotopic (exact) mass is 570 g/mol. The molecule has 0 saturated carbocycles. The number of carbonyl (C=O) groups excluding carboxylic acids is 1. The van der Waals surface area contributed by atoms with E-state index < -0.39 is 39.9 Å². The van der Waals surface area contributed by atoms with Crippen LogP contribution >= 0.6 is 11.6 Å². The molecular formula is C26H26ClF3N2O5S. The van der Waals surface area contributed by atoms with E-state index in [0.717, 1.165) is 12.1 Å². The van der Waals surface area contributed by atoms with Crippen LogP contribution < -0.4 is 19.1 Å². The number of hydrogen-bond donors (Lipinski definition) is 1. The van der Waals surface area contributed by atoms with Crippen LogP contribution in [0.3, 0.4) is 0 Å². The molecule has 7 nitrogen and oxygen atoms in total. The number of anilines is 1. The molecule has 0 atom stereocenters. The van der Waals surface area contributed by atoms with Crippen LogP contribution in [0.5, 0.6) is 11.5 Å². The third-order valence-electron chi connectivity index (χ3n) is 5.24. The summed E-state index contributed by atoms with van der Waals surface area (Å²) >= 11 is 6.14. The molecule has 1 amide bonds. The largest absolute Gasteiger partial charge is 0.493 e. The van der Waals surface area contributed by atoms with Gasteiger partial charge >= 0.3 is 6.18 Å². The fourth-order valence-electron chi connectivity index (χ4n) is 3.46. The van der Waals surface area contributed by atoms with Gasteiger partial charge in [0.15, 0.2) is 11.5 Å². The molecule has 38 heavy (non-hydrogen) atoms. The summed E-state index contributed by atoms with van der Waals surface area (Å²) in [5.41, 5.74) is -0.959. The van der Waals surface area contributed by atoms with E-state index in [4.69, 9.17) is 21.1 Å².